The van der Waals surface area contributed by atoms with Gasteiger partial charge < -0.3 is 19.7 Å². The molecule has 2 N–H and O–H groups in total. The molecule has 0 saturated carbocycles. The van der Waals surface area contributed by atoms with Gasteiger partial charge in [0.05, 0.1) is 44.5 Å². The van der Waals surface area contributed by atoms with Crippen molar-refractivity contribution in [1.82, 2.24) is 0 Å². The minimum absolute atomic E-state index is 0.488. The van der Waals surface area contributed by atoms with E-state index in [1.54, 1.807) is 0 Å². The van der Waals surface area contributed by atoms with Crippen LogP contribution in [0.5, 0.6) is 0 Å². The Kier molecular flexibility index (Phi) is 12.7. The second-order valence-corrected chi connectivity index (χ2v) is 15.2. The normalized spacial score (nSPS) is 18.4. The summed E-state index contributed by atoms with van der Waals surface area (Å²) in [7, 11) is 0. The molecule has 1 heterocycles. The van der Waals surface area contributed by atoms with Crippen LogP contribution in [0.1, 0.15) is 80.6 Å². The van der Waals surface area contributed by atoms with Crippen LogP contribution in [0.15, 0.2) is 72.8 Å². The number of ether oxygens (including phenoxy) is 2. The van der Waals surface area contributed by atoms with Crippen molar-refractivity contribution in [3.05, 3.63) is 140 Å². The molecule has 1 aliphatic heterocycles. The van der Waals surface area contributed by atoms with Crippen LogP contribution in [0.25, 0.3) is 0 Å². The Labute approximate surface area is 357 Å². The molecule has 4 aromatic rings. The van der Waals surface area contributed by atoms with E-state index in [0.29, 0.717) is 13.8 Å². The Morgan fingerprint density at radius 1 is 0.284 bits per heavy atom. The number of hydrogen-bond donors (Lipinski definition) is 2. The molecule has 0 bridgehead atoms. The highest BCUT2D eigenvalue weighted by molar-refractivity contribution is 5.51. The van der Waals surface area contributed by atoms with Gasteiger partial charge in [0.15, 0.2) is 5.79 Å². The summed E-state index contributed by atoms with van der Waals surface area (Å²) in [5.74, 6) is -3.00. The SMILES string of the molecule is CC1(C)O[C@@H](C(O)(c2cc(C(F)(F)F)cc(C(F)(F)F)c2)c2cc(C(F)(F)F)cc(C(F)(F)F)c2)[C@H](C(O)(c2cc(C(F)(F)F)cc(C(F)(F)F)c2)c2cc(C(F)(F)F)cc(C(F)(F)F)c2)O1. The minimum atomic E-state index is -6.04. The van der Waals surface area contributed by atoms with E-state index < -0.39 is 218 Å². The van der Waals surface area contributed by atoms with Crippen LogP contribution < -0.4 is 0 Å². The first-order valence-corrected chi connectivity index (χ1v) is 17.7. The second kappa shape index (κ2) is 16.1. The molecule has 1 fully saturated rings. The van der Waals surface area contributed by atoms with Crippen molar-refractivity contribution in [3.8, 4) is 0 Å². The number of benzene rings is 4. The Hall–Kier alpha value is -4.96. The van der Waals surface area contributed by atoms with Crippen molar-refractivity contribution in [2.45, 2.75) is 92.5 Å². The Bertz CT molecular complexity index is 2050. The lowest BCUT2D eigenvalue weighted by Crippen LogP contribution is -2.55. The molecule has 0 aromatic heterocycles. The summed E-state index contributed by atoms with van der Waals surface area (Å²) >= 11 is 0. The van der Waals surface area contributed by atoms with Gasteiger partial charge in [-0.25, -0.2) is 0 Å². The molecule has 1 aliphatic rings. The van der Waals surface area contributed by atoms with Crippen molar-refractivity contribution in [2.75, 3.05) is 0 Å². The van der Waals surface area contributed by atoms with Gasteiger partial charge >= 0.3 is 49.4 Å². The van der Waals surface area contributed by atoms with Crippen molar-refractivity contribution in [1.29, 1.82) is 0 Å². The number of halogens is 24. The molecule has 4 aromatic carbocycles. The lowest BCUT2D eigenvalue weighted by molar-refractivity contribution is -0.173. The third-order valence-corrected chi connectivity index (χ3v) is 10.0. The van der Waals surface area contributed by atoms with Gasteiger partial charge in [0.25, 0.3) is 0 Å². The summed E-state index contributed by atoms with van der Waals surface area (Å²) < 4.78 is 354. The van der Waals surface area contributed by atoms with Crippen LogP contribution in [0.4, 0.5) is 105 Å². The van der Waals surface area contributed by atoms with E-state index in [9.17, 15) is 116 Å². The van der Waals surface area contributed by atoms with Gasteiger partial charge in [-0.15, -0.1) is 0 Å². The smallest absolute Gasteiger partial charge is 0.378 e. The highest BCUT2D eigenvalue weighted by atomic mass is 19.4. The number of hydrogen-bond acceptors (Lipinski definition) is 4. The Balaban J connectivity index is 2.12. The van der Waals surface area contributed by atoms with Crippen molar-refractivity contribution >= 4 is 0 Å². The molecule has 0 spiro atoms. The molecule has 0 radical (unpaired) electrons. The fourth-order valence-corrected chi connectivity index (χ4v) is 7.06. The standard InChI is InChI=1S/C39H22F24O4/c1-29(2)66-27(30(64,15-3-19(32(40,41)42)11-20(4-15)33(43,44)45)16-5-21(34(46,47)48)12-22(6-16)35(49,50)51)28(67-29)31(65,17-7-23(36(52,53)54)13-24(8-17)37(55,56)57)18-9-25(38(58,59)60)14-26(10-18)39(61,62)63/h3-14,27-28,64-65H,1-2H3/t27-,28-/m1/s1. The zero-order valence-electron chi connectivity index (χ0n) is 32.4. The maximum absolute atomic E-state index is 14.3. The van der Waals surface area contributed by atoms with Crippen molar-refractivity contribution in [2.24, 2.45) is 0 Å². The van der Waals surface area contributed by atoms with Gasteiger partial charge in [-0.1, -0.05) is 0 Å². The molecular formula is C39H22F24O4. The lowest BCUT2D eigenvalue weighted by atomic mass is 9.70. The van der Waals surface area contributed by atoms with Crippen molar-refractivity contribution in [3.63, 3.8) is 0 Å². The third kappa shape index (κ3) is 10.7. The number of aliphatic hydroxyl groups is 2. The predicted molar refractivity (Wildman–Crippen MR) is 176 cm³/mol. The first kappa shape index (κ1) is 53.0. The van der Waals surface area contributed by atoms with Gasteiger partial charge in [-0.2, -0.15) is 105 Å². The van der Waals surface area contributed by atoms with Crippen LogP contribution in [-0.4, -0.2) is 28.2 Å². The van der Waals surface area contributed by atoms with E-state index in [4.69, 9.17) is 9.47 Å². The van der Waals surface area contributed by atoms with Gasteiger partial charge in [-0.3, -0.25) is 0 Å². The maximum atomic E-state index is 14.3. The van der Waals surface area contributed by atoms with Gasteiger partial charge in [0, 0.05) is 0 Å². The summed E-state index contributed by atoms with van der Waals surface area (Å²) in [5, 5.41) is 25.4. The average molecular weight is 1010 g/mol. The number of rotatable bonds is 6. The summed E-state index contributed by atoms with van der Waals surface area (Å²) in [6.45, 7) is 0.976. The van der Waals surface area contributed by atoms with Crippen LogP contribution in [-0.2, 0) is 70.1 Å². The molecule has 0 amide bonds. The molecule has 0 aliphatic carbocycles. The second-order valence-electron chi connectivity index (χ2n) is 15.2. The predicted octanol–water partition coefficient (Wildman–Crippen LogP) is 13.5. The third-order valence-electron chi connectivity index (χ3n) is 10.0. The van der Waals surface area contributed by atoms with Gasteiger partial charge in [0.2, 0.25) is 0 Å². The maximum Gasteiger partial charge on any atom is 0.416 e. The number of alkyl halides is 24. The monoisotopic (exact) mass is 1010 g/mol. The Morgan fingerprint density at radius 3 is 0.522 bits per heavy atom. The zero-order valence-corrected chi connectivity index (χ0v) is 32.4. The topological polar surface area (TPSA) is 58.9 Å². The molecule has 28 heteroatoms. The van der Waals surface area contributed by atoms with E-state index in [-0.39, 0.29) is 0 Å². The molecule has 67 heavy (non-hydrogen) atoms. The van der Waals surface area contributed by atoms with E-state index in [0.717, 1.165) is 0 Å². The summed E-state index contributed by atoms with van der Waals surface area (Å²) in [4.78, 5) is 0. The van der Waals surface area contributed by atoms with E-state index in [1.165, 1.54) is 0 Å². The van der Waals surface area contributed by atoms with Gasteiger partial charge in [0.1, 0.15) is 23.4 Å². The van der Waals surface area contributed by atoms with Crippen LogP contribution in [0.3, 0.4) is 0 Å². The quantitative estimate of drug-likeness (QED) is 0.189. The van der Waals surface area contributed by atoms with Crippen molar-refractivity contribution < 1.29 is 125 Å². The first-order chi connectivity index (χ1) is 29.7. The lowest BCUT2D eigenvalue weighted by Gasteiger charge is -2.43. The highest BCUT2D eigenvalue weighted by Crippen LogP contribution is 2.55. The molecule has 2 atom stereocenters. The summed E-state index contributed by atoms with van der Waals surface area (Å²) in [6, 6.07) is -7.66. The molecule has 5 rings (SSSR count). The summed E-state index contributed by atoms with van der Waals surface area (Å²) in [6.07, 6.45) is -55.7. The largest absolute Gasteiger partial charge is 0.416 e. The van der Waals surface area contributed by atoms with E-state index >= 15 is 0 Å². The fourth-order valence-electron chi connectivity index (χ4n) is 7.06. The zero-order chi connectivity index (χ0) is 51.5. The molecule has 370 valence electrons. The first-order valence-electron chi connectivity index (χ1n) is 17.7. The van der Waals surface area contributed by atoms with E-state index in [1.807, 2.05) is 0 Å². The van der Waals surface area contributed by atoms with Crippen LogP contribution in [0, 0.1) is 0 Å². The molecule has 0 unspecified atom stereocenters. The summed E-state index contributed by atoms with van der Waals surface area (Å²) in [5.41, 5.74) is -38.6. The van der Waals surface area contributed by atoms with Crippen LogP contribution in [0.2, 0.25) is 0 Å². The fraction of sp³-hybridized carbons (Fsp3) is 0.385. The van der Waals surface area contributed by atoms with E-state index in [2.05, 4.69) is 0 Å². The van der Waals surface area contributed by atoms with Crippen LogP contribution >= 0.6 is 0 Å². The molecule has 4 nitrogen and oxygen atoms in total. The minimum Gasteiger partial charge on any atom is -0.378 e. The molecular weight excluding hydrogens is 988 g/mol. The average Bonchev–Trinajstić information content (AvgIpc) is 3.49. The molecule has 1 saturated heterocycles. The Morgan fingerprint density at radius 2 is 0.403 bits per heavy atom. The highest BCUT2D eigenvalue weighted by Gasteiger charge is 2.63. The van der Waals surface area contributed by atoms with Gasteiger partial charge in [-0.05, 0) is 109 Å².